The highest BCUT2D eigenvalue weighted by Crippen LogP contribution is 2.20. The molecule has 21 heavy (non-hydrogen) atoms. The molecular weight excluding hydrogens is 348 g/mol. The first kappa shape index (κ1) is 17.6. The van der Waals surface area contributed by atoms with Crippen molar-refractivity contribution in [2.24, 2.45) is 5.92 Å². The Morgan fingerprint density at radius 2 is 1.86 bits per heavy atom. The molecule has 0 spiro atoms. The van der Waals surface area contributed by atoms with Gasteiger partial charge in [0.25, 0.3) is 5.91 Å². The fraction of sp³-hybridized carbons (Fsp3) is 0.429. The third kappa shape index (κ3) is 4.23. The van der Waals surface area contributed by atoms with E-state index < -0.39 is 35.1 Å². The molecule has 0 heterocycles. The number of rotatable bonds is 5. The molecule has 0 aromatic heterocycles. The van der Waals surface area contributed by atoms with Crippen LogP contribution >= 0.6 is 15.9 Å². The lowest BCUT2D eigenvalue weighted by atomic mass is 9.98. The van der Waals surface area contributed by atoms with Crippen LogP contribution in [0.3, 0.4) is 0 Å². The second kappa shape index (κ2) is 7.49. The molecule has 2 atom stereocenters. The summed E-state index contributed by atoms with van der Waals surface area (Å²) in [5.74, 6) is -3.90. The van der Waals surface area contributed by atoms with E-state index >= 15 is 0 Å². The molecule has 1 amide bonds. The Hall–Kier alpha value is -1.50. The third-order valence-electron chi connectivity index (χ3n) is 3.19. The lowest BCUT2D eigenvalue weighted by Crippen LogP contribution is -2.46. The van der Waals surface area contributed by atoms with E-state index in [1.165, 1.54) is 7.11 Å². The summed E-state index contributed by atoms with van der Waals surface area (Å²) in [7, 11) is 1.19. The molecule has 116 valence electrons. The van der Waals surface area contributed by atoms with Crippen LogP contribution in [-0.4, -0.2) is 25.0 Å². The Kier molecular flexibility index (Phi) is 6.26. The quantitative estimate of drug-likeness (QED) is 0.818. The molecule has 1 aromatic carbocycles. The van der Waals surface area contributed by atoms with Gasteiger partial charge in [-0.15, -0.1) is 0 Å². The summed E-state index contributed by atoms with van der Waals surface area (Å²) in [5, 5.41) is 2.33. The van der Waals surface area contributed by atoms with E-state index in [1.54, 1.807) is 6.92 Å². The third-order valence-corrected chi connectivity index (χ3v) is 3.65. The molecule has 0 saturated carbocycles. The fourth-order valence-electron chi connectivity index (χ4n) is 1.77. The summed E-state index contributed by atoms with van der Waals surface area (Å²) in [5.41, 5.74) is -0.726. The average Bonchev–Trinajstić information content (AvgIpc) is 2.41. The first-order valence-electron chi connectivity index (χ1n) is 6.35. The highest BCUT2D eigenvalue weighted by atomic mass is 79.9. The number of nitrogens with one attached hydrogen (secondary N) is 1. The van der Waals surface area contributed by atoms with E-state index in [1.807, 2.05) is 6.92 Å². The zero-order chi connectivity index (χ0) is 16.2. The second-order valence-electron chi connectivity index (χ2n) is 4.60. The number of amides is 1. The summed E-state index contributed by atoms with van der Waals surface area (Å²) in [4.78, 5) is 23.7. The Morgan fingerprint density at radius 3 is 2.29 bits per heavy atom. The second-order valence-corrected chi connectivity index (χ2v) is 5.52. The molecule has 0 aliphatic carbocycles. The molecule has 0 aliphatic rings. The van der Waals surface area contributed by atoms with Gasteiger partial charge in [-0.3, -0.25) is 4.79 Å². The van der Waals surface area contributed by atoms with Crippen molar-refractivity contribution in [1.82, 2.24) is 5.32 Å². The minimum Gasteiger partial charge on any atom is -0.467 e. The van der Waals surface area contributed by atoms with Crippen LogP contribution in [0.1, 0.15) is 30.6 Å². The monoisotopic (exact) mass is 363 g/mol. The number of hydrogen-bond donors (Lipinski definition) is 1. The molecule has 0 fully saturated rings. The van der Waals surface area contributed by atoms with Crippen molar-refractivity contribution in [3.63, 3.8) is 0 Å². The maximum Gasteiger partial charge on any atom is 0.328 e. The van der Waals surface area contributed by atoms with Crippen LogP contribution in [0, 0.1) is 17.6 Å². The Balaban J connectivity index is 3.05. The lowest BCUT2D eigenvalue weighted by Gasteiger charge is -2.22. The van der Waals surface area contributed by atoms with E-state index in [9.17, 15) is 18.4 Å². The first-order chi connectivity index (χ1) is 9.81. The van der Waals surface area contributed by atoms with E-state index in [4.69, 9.17) is 0 Å². The number of halogens is 3. The van der Waals surface area contributed by atoms with Gasteiger partial charge in [0.1, 0.15) is 23.2 Å². The largest absolute Gasteiger partial charge is 0.467 e. The number of esters is 1. The zero-order valence-corrected chi connectivity index (χ0v) is 13.5. The van der Waals surface area contributed by atoms with Crippen molar-refractivity contribution in [2.45, 2.75) is 26.3 Å². The van der Waals surface area contributed by atoms with Crippen LogP contribution in [0.2, 0.25) is 0 Å². The van der Waals surface area contributed by atoms with Gasteiger partial charge in [0.15, 0.2) is 0 Å². The Morgan fingerprint density at radius 1 is 1.33 bits per heavy atom. The minimum absolute atomic E-state index is 0.181. The van der Waals surface area contributed by atoms with Crippen LogP contribution in [0.5, 0.6) is 0 Å². The molecule has 1 rings (SSSR count). The van der Waals surface area contributed by atoms with Gasteiger partial charge in [-0.1, -0.05) is 36.2 Å². The van der Waals surface area contributed by atoms with Gasteiger partial charge in [-0.05, 0) is 18.1 Å². The van der Waals surface area contributed by atoms with Gasteiger partial charge in [-0.2, -0.15) is 0 Å². The number of hydrogen-bond acceptors (Lipinski definition) is 3. The van der Waals surface area contributed by atoms with Crippen molar-refractivity contribution in [3.05, 3.63) is 33.8 Å². The average molecular weight is 364 g/mol. The lowest BCUT2D eigenvalue weighted by molar-refractivity contribution is -0.144. The molecule has 0 bridgehead atoms. The van der Waals surface area contributed by atoms with Crippen LogP contribution in [-0.2, 0) is 9.53 Å². The maximum absolute atomic E-state index is 13.7. The smallest absolute Gasteiger partial charge is 0.328 e. The molecule has 0 radical (unpaired) electrons. The van der Waals surface area contributed by atoms with E-state index in [2.05, 4.69) is 26.0 Å². The highest BCUT2D eigenvalue weighted by Gasteiger charge is 2.29. The number of carbonyl (C=O) groups excluding carboxylic acids is 2. The number of methoxy groups -OCH3 is 1. The summed E-state index contributed by atoms with van der Waals surface area (Å²) in [6, 6.07) is 0.998. The van der Waals surface area contributed by atoms with Crippen LogP contribution < -0.4 is 5.32 Å². The first-order valence-corrected chi connectivity index (χ1v) is 7.14. The maximum atomic E-state index is 13.7. The predicted molar refractivity (Wildman–Crippen MR) is 76.8 cm³/mol. The molecule has 1 N–H and O–H groups in total. The van der Waals surface area contributed by atoms with Crippen molar-refractivity contribution in [2.75, 3.05) is 7.11 Å². The Labute approximate surface area is 130 Å². The standard InChI is InChI=1S/C14H16BrF2NO3/c1-4-7(2)12(14(20)21-3)18-13(19)11-9(16)5-8(15)6-10(11)17/h5-7,12H,4H2,1-3H3,(H,18,19). The molecule has 0 saturated heterocycles. The van der Waals surface area contributed by atoms with Gasteiger partial charge < -0.3 is 10.1 Å². The number of benzene rings is 1. The molecular formula is C14H16BrF2NO3. The van der Waals surface area contributed by atoms with Crippen molar-refractivity contribution >= 4 is 27.8 Å². The van der Waals surface area contributed by atoms with E-state index in [-0.39, 0.29) is 10.4 Å². The van der Waals surface area contributed by atoms with Gasteiger partial charge in [-0.25, -0.2) is 13.6 Å². The van der Waals surface area contributed by atoms with Crippen LogP contribution in [0.15, 0.2) is 16.6 Å². The zero-order valence-electron chi connectivity index (χ0n) is 11.9. The number of carbonyl (C=O) groups is 2. The summed E-state index contributed by atoms with van der Waals surface area (Å²) in [6.07, 6.45) is 0.589. The van der Waals surface area contributed by atoms with E-state index in [0.29, 0.717) is 6.42 Å². The molecule has 4 nitrogen and oxygen atoms in total. The molecule has 7 heteroatoms. The SMILES string of the molecule is CCC(C)C(NC(=O)c1c(F)cc(Br)cc1F)C(=O)OC. The van der Waals surface area contributed by atoms with Crippen molar-refractivity contribution in [1.29, 1.82) is 0 Å². The fourth-order valence-corrected chi connectivity index (χ4v) is 2.17. The minimum atomic E-state index is -1.01. The molecule has 1 aromatic rings. The number of ether oxygens (including phenoxy) is 1. The van der Waals surface area contributed by atoms with Crippen molar-refractivity contribution in [3.8, 4) is 0 Å². The normalized spacial score (nSPS) is 13.4. The van der Waals surface area contributed by atoms with Crippen molar-refractivity contribution < 1.29 is 23.1 Å². The van der Waals surface area contributed by atoms with Gasteiger partial charge >= 0.3 is 5.97 Å². The summed E-state index contributed by atoms with van der Waals surface area (Å²) < 4.78 is 32.2. The highest BCUT2D eigenvalue weighted by molar-refractivity contribution is 9.10. The summed E-state index contributed by atoms with van der Waals surface area (Å²) >= 11 is 2.93. The molecule has 0 aliphatic heterocycles. The summed E-state index contributed by atoms with van der Waals surface area (Å²) in [6.45, 7) is 3.56. The topological polar surface area (TPSA) is 55.4 Å². The van der Waals surface area contributed by atoms with Gasteiger partial charge in [0.2, 0.25) is 0 Å². The van der Waals surface area contributed by atoms with Gasteiger partial charge in [0, 0.05) is 4.47 Å². The van der Waals surface area contributed by atoms with Crippen LogP contribution in [0.25, 0.3) is 0 Å². The van der Waals surface area contributed by atoms with Crippen LogP contribution in [0.4, 0.5) is 8.78 Å². The Bertz CT molecular complexity index is 528. The predicted octanol–water partition coefficient (Wildman–Crippen LogP) is 3.04. The van der Waals surface area contributed by atoms with E-state index in [0.717, 1.165) is 12.1 Å². The molecule has 2 unspecified atom stereocenters. The van der Waals surface area contributed by atoms with Gasteiger partial charge in [0.05, 0.1) is 7.11 Å².